The van der Waals surface area contributed by atoms with Crippen LogP contribution in [0.2, 0.25) is 0 Å². The first-order chi connectivity index (χ1) is 21.7. The fraction of sp³-hybridized carbons (Fsp3) is 0.419. The number of benzene rings is 2. The van der Waals surface area contributed by atoms with Gasteiger partial charge >= 0.3 is 0 Å². The third kappa shape index (κ3) is 11.5. The zero-order valence-electron chi connectivity index (χ0n) is 25.1. The summed E-state index contributed by atoms with van der Waals surface area (Å²) in [5, 5.41) is 15.8. The molecule has 1 heterocycles. The Kier molecular flexibility index (Phi) is 14.3. The van der Waals surface area contributed by atoms with Gasteiger partial charge in [-0.25, -0.2) is 0 Å². The van der Waals surface area contributed by atoms with Crippen molar-refractivity contribution in [3.8, 4) is 0 Å². The van der Waals surface area contributed by atoms with Crippen LogP contribution in [0.1, 0.15) is 40.7 Å². The second-order valence-corrected chi connectivity index (χ2v) is 10.4. The Morgan fingerprint density at radius 2 is 1.71 bits per heavy atom. The minimum Gasteiger partial charge on any atom is -0.399 e. The summed E-state index contributed by atoms with van der Waals surface area (Å²) in [5.41, 5.74) is 20.8. The molecule has 2 aromatic rings. The second-order valence-electron chi connectivity index (χ2n) is 10.4. The van der Waals surface area contributed by atoms with E-state index in [4.69, 9.17) is 31.4 Å². The Balaban J connectivity index is 1.22. The van der Waals surface area contributed by atoms with Crippen LogP contribution in [-0.4, -0.2) is 92.3 Å². The molecular formula is C31H42N6O8. The lowest BCUT2D eigenvalue weighted by Crippen LogP contribution is -2.44. The summed E-state index contributed by atoms with van der Waals surface area (Å²) in [6.45, 7) is 1.88. The normalized spacial score (nSPS) is 14.1. The minimum atomic E-state index is -0.880. The summed E-state index contributed by atoms with van der Waals surface area (Å²) < 4.78 is 16.3. The molecule has 3 rings (SSSR count). The van der Waals surface area contributed by atoms with E-state index in [0.717, 1.165) is 5.56 Å². The summed E-state index contributed by atoms with van der Waals surface area (Å²) in [6, 6.07) is 11.2. The molecule has 244 valence electrons. The minimum absolute atomic E-state index is 0.0802. The van der Waals surface area contributed by atoms with Gasteiger partial charge in [-0.05, 0) is 47.9 Å². The van der Waals surface area contributed by atoms with Crippen LogP contribution in [0.25, 0.3) is 5.70 Å². The first-order valence-electron chi connectivity index (χ1n) is 14.6. The molecule has 14 heteroatoms. The van der Waals surface area contributed by atoms with Gasteiger partial charge in [0, 0.05) is 42.6 Å². The van der Waals surface area contributed by atoms with Crippen LogP contribution >= 0.6 is 0 Å². The number of carbonyl (C=O) groups excluding carboxylic acids is 4. The molecule has 3 amide bonds. The number of carbonyl (C=O) groups is 4. The van der Waals surface area contributed by atoms with Gasteiger partial charge in [-0.1, -0.05) is 12.1 Å². The number of ether oxygens (including phenoxy) is 3. The van der Waals surface area contributed by atoms with Crippen molar-refractivity contribution in [1.82, 2.24) is 10.2 Å². The van der Waals surface area contributed by atoms with Crippen molar-refractivity contribution in [1.29, 1.82) is 0 Å². The lowest BCUT2D eigenvalue weighted by atomic mass is 10.1. The number of fused-ring (bicyclic) bond motifs is 1. The van der Waals surface area contributed by atoms with E-state index in [1.54, 1.807) is 36.5 Å². The molecule has 0 bridgehead atoms. The van der Waals surface area contributed by atoms with Crippen LogP contribution in [0.4, 0.5) is 11.4 Å². The van der Waals surface area contributed by atoms with E-state index in [-0.39, 0.29) is 70.7 Å². The largest absolute Gasteiger partial charge is 0.399 e. The highest BCUT2D eigenvalue weighted by Crippen LogP contribution is 2.28. The molecule has 1 aliphatic heterocycles. The Morgan fingerprint density at radius 1 is 1.00 bits per heavy atom. The van der Waals surface area contributed by atoms with Crippen molar-refractivity contribution in [3.05, 3.63) is 65.4 Å². The van der Waals surface area contributed by atoms with E-state index in [9.17, 15) is 24.3 Å². The number of nitrogens with two attached hydrogens (primary N) is 3. The number of aliphatic hydroxyl groups is 1. The number of nitrogen functional groups attached to an aromatic ring is 1. The van der Waals surface area contributed by atoms with Crippen LogP contribution in [0.5, 0.6) is 0 Å². The summed E-state index contributed by atoms with van der Waals surface area (Å²) in [4.78, 5) is 49.0. The fourth-order valence-electron chi connectivity index (χ4n) is 4.52. The van der Waals surface area contributed by atoms with Crippen molar-refractivity contribution in [2.75, 3.05) is 57.2 Å². The van der Waals surface area contributed by atoms with Crippen LogP contribution in [0.15, 0.2) is 48.7 Å². The molecule has 0 saturated carbocycles. The monoisotopic (exact) mass is 626 g/mol. The molecule has 45 heavy (non-hydrogen) atoms. The number of aliphatic hydroxyl groups excluding tert-OH is 1. The number of nitrogens with zero attached hydrogens (tertiary/aromatic N) is 1. The molecule has 9 N–H and O–H groups in total. The highest BCUT2D eigenvalue weighted by molar-refractivity contribution is 6.02. The molecular weight excluding hydrogens is 584 g/mol. The topological polar surface area (TPSA) is 222 Å². The van der Waals surface area contributed by atoms with E-state index < -0.39 is 18.1 Å². The highest BCUT2D eigenvalue weighted by Gasteiger charge is 2.35. The van der Waals surface area contributed by atoms with Gasteiger partial charge in [-0.2, -0.15) is 0 Å². The lowest BCUT2D eigenvalue weighted by Gasteiger charge is -2.24. The van der Waals surface area contributed by atoms with Crippen molar-refractivity contribution in [2.45, 2.75) is 38.0 Å². The number of primary amides is 1. The maximum Gasteiger partial charge on any atom is 0.255 e. The van der Waals surface area contributed by atoms with Crippen LogP contribution in [-0.2, 0) is 35.1 Å². The Labute approximate surface area is 261 Å². The molecule has 0 fully saturated rings. The number of hydrogen-bond acceptors (Lipinski definition) is 11. The van der Waals surface area contributed by atoms with Crippen LogP contribution in [0, 0.1) is 0 Å². The number of aldehydes is 1. The zero-order chi connectivity index (χ0) is 32.6. The maximum atomic E-state index is 12.8. The van der Waals surface area contributed by atoms with Gasteiger partial charge in [0.1, 0.15) is 18.4 Å². The predicted molar refractivity (Wildman–Crippen MR) is 167 cm³/mol. The molecule has 2 atom stereocenters. The van der Waals surface area contributed by atoms with Gasteiger partial charge in [-0.15, -0.1) is 0 Å². The highest BCUT2D eigenvalue weighted by atomic mass is 16.5. The first-order valence-corrected chi connectivity index (χ1v) is 14.6. The van der Waals surface area contributed by atoms with E-state index in [1.807, 2.05) is 12.1 Å². The summed E-state index contributed by atoms with van der Waals surface area (Å²) >= 11 is 0. The molecule has 2 unspecified atom stereocenters. The van der Waals surface area contributed by atoms with Gasteiger partial charge in [0.15, 0.2) is 0 Å². The molecule has 0 spiro atoms. The SMILES string of the molecule is NC(=O)C(CCC=O)N1Cc2cc(NC(=O)CCOCCOCC(O)COCCN/C=C(\N)c3ccc(N)cc3)ccc2C1=O. The third-order valence-corrected chi connectivity index (χ3v) is 6.84. The third-order valence-electron chi connectivity index (χ3n) is 6.84. The second kappa shape index (κ2) is 18.3. The predicted octanol–water partition coefficient (Wildman–Crippen LogP) is 0.344. The van der Waals surface area contributed by atoms with Crippen molar-refractivity contribution < 1.29 is 38.5 Å². The van der Waals surface area contributed by atoms with Crippen molar-refractivity contribution in [2.24, 2.45) is 11.5 Å². The van der Waals surface area contributed by atoms with E-state index >= 15 is 0 Å². The molecule has 0 radical (unpaired) electrons. The zero-order valence-corrected chi connectivity index (χ0v) is 25.1. The van der Waals surface area contributed by atoms with Crippen LogP contribution < -0.4 is 27.8 Å². The number of nitrogens with one attached hydrogen (secondary N) is 2. The summed E-state index contributed by atoms with van der Waals surface area (Å²) in [7, 11) is 0. The number of anilines is 2. The molecule has 0 saturated heterocycles. The Hall–Kier alpha value is -4.50. The van der Waals surface area contributed by atoms with Gasteiger partial charge in [0.2, 0.25) is 11.8 Å². The van der Waals surface area contributed by atoms with E-state index in [1.165, 1.54) is 4.90 Å². The number of rotatable bonds is 21. The van der Waals surface area contributed by atoms with E-state index in [2.05, 4.69) is 10.6 Å². The van der Waals surface area contributed by atoms with Crippen LogP contribution in [0.3, 0.4) is 0 Å². The maximum absolute atomic E-state index is 12.8. The Bertz CT molecular complexity index is 1320. The molecule has 0 aromatic heterocycles. The van der Waals surface area contributed by atoms with Crippen molar-refractivity contribution in [3.63, 3.8) is 0 Å². The van der Waals surface area contributed by atoms with Gasteiger partial charge in [0.25, 0.3) is 5.91 Å². The average molecular weight is 627 g/mol. The van der Waals surface area contributed by atoms with Gasteiger partial charge in [0.05, 0.1) is 51.8 Å². The lowest BCUT2D eigenvalue weighted by molar-refractivity contribution is -0.123. The molecule has 2 aromatic carbocycles. The molecule has 0 aliphatic carbocycles. The Morgan fingerprint density at radius 3 is 2.42 bits per heavy atom. The van der Waals surface area contributed by atoms with E-state index in [0.29, 0.717) is 47.6 Å². The van der Waals surface area contributed by atoms with Gasteiger partial charge in [-0.3, -0.25) is 14.4 Å². The average Bonchev–Trinajstić information content (AvgIpc) is 3.33. The van der Waals surface area contributed by atoms with Gasteiger partial charge < -0.3 is 56.8 Å². The molecule has 1 aliphatic rings. The fourth-order valence-corrected chi connectivity index (χ4v) is 4.52. The van der Waals surface area contributed by atoms with Crippen molar-refractivity contribution >= 4 is 41.1 Å². The number of hydrogen-bond donors (Lipinski definition) is 6. The summed E-state index contributed by atoms with van der Waals surface area (Å²) in [6.07, 6.45) is 1.94. The first kappa shape index (κ1) is 35.0. The smallest absolute Gasteiger partial charge is 0.255 e. The quantitative estimate of drug-likeness (QED) is 0.0630. The number of amides is 3. The standard InChI is InChI=1S/C31H42N6O8/c32-23-5-3-21(4-6-23)27(33)17-35-10-13-44-19-25(39)20-45-15-14-43-12-9-29(40)36-24-7-8-26-22(16-24)18-37(31(26)42)28(30(34)41)2-1-11-38/h3-8,11,16-17,25,28,35,39H,1-2,9-10,12-15,18-20,32-33H2,(H2,34,41)(H,36,40)/b27-17-. The molecule has 14 nitrogen and oxygen atoms in total. The summed E-state index contributed by atoms with van der Waals surface area (Å²) in [5.74, 6) is -1.29.